The molecule has 0 fully saturated rings. The predicted octanol–water partition coefficient (Wildman–Crippen LogP) is 3.35. The maximum absolute atomic E-state index is 12.1. The number of amides is 1. The molecule has 20 heavy (non-hydrogen) atoms. The van der Waals surface area contributed by atoms with Crippen molar-refractivity contribution in [1.29, 1.82) is 0 Å². The third kappa shape index (κ3) is 4.09. The molecule has 0 aliphatic carbocycles. The van der Waals surface area contributed by atoms with Crippen molar-refractivity contribution in [1.82, 2.24) is 10.3 Å². The number of aromatic nitrogens is 1. The van der Waals surface area contributed by atoms with E-state index in [-0.39, 0.29) is 11.4 Å². The van der Waals surface area contributed by atoms with Gasteiger partial charge >= 0.3 is 0 Å². The smallest absolute Gasteiger partial charge is 0.253 e. The van der Waals surface area contributed by atoms with Gasteiger partial charge in [-0.1, -0.05) is 18.2 Å². The molecule has 0 radical (unpaired) electrons. The van der Waals surface area contributed by atoms with E-state index in [1.807, 2.05) is 51.1 Å². The average molecular weight is 269 g/mol. The molecule has 2 rings (SSSR count). The Labute approximate surface area is 119 Å². The maximum Gasteiger partial charge on any atom is 0.253 e. The topological polar surface area (TPSA) is 54.0 Å². The molecule has 4 heteroatoms. The van der Waals surface area contributed by atoms with Crippen molar-refractivity contribution in [2.75, 3.05) is 5.32 Å². The average Bonchev–Trinajstić information content (AvgIpc) is 2.38. The largest absolute Gasteiger partial charge is 0.354 e. The lowest BCUT2D eigenvalue weighted by molar-refractivity contribution is 0.0919. The summed E-state index contributed by atoms with van der Waals surface area (Å²) >= 11 is 0. The maximum atomic E-state index is 12.1. The Balaban J connectivity index is 2.14. The number of anilines is 2. The summed E-state index contributed by atoms with van der Waals surface area (Å²) in [5.41, 5.74) is 2.03. The van der Waals surface area contributed by atoms with Crippen molar-refractivity contribution in [3.63, 3.8) is 0 Å². The first kappa shape index (κ1) is 14.1. The second-order valence-electron chi connectivity index (χ2n) is 5.66. The third-order valence-corrected chi connectivity index (χ3v) is 2.55. The van der Waals surface area contributed by atoms with E-state index in [1.165, 1.54) is 0 Å². The number of para-hydroxylation sites is 1. The number of nitrogens with zero attached hydrogens (tertiary/aromatic N) is 1. The van der Waals surface area contributed by atoms with Crippen LogP contribution in [0.1, 0.15) is 31.1 Å². The SMILES string of the molecule is CC(C)(C)NC(=O)c1cncc(Nc2ccccc2)c1. The summed E-state index contributed by atoms with van der Waals surface area (Å²) in [5.74, 6) is -0.123. The summed E-state index contributed by atoms with van der Waals surface area (Å²) in [6, 6.07) is 11.6. The fourth-order valence-electron chi connectivity index (χ4n) is 1.73. The molecule has 0 unspecified atom stereocenters. The van der Waals surface area contributed by atoms with Crippen molar-refractivity contribution in [3.8, 4) is 0 Å². The van der Waals surface area contributed by atoms with Crippen LogP contribution < -0.4 is 10.6 Å². The monoisotopic (exact) mass is 269 g/mol. The van der Waals surface area contributed by atoms with E-state index in [4.69, 9.17) is 0 Å². The number of hydrogen-bond acceptors (Lipinski definition) is 3. The van der Waals surface area contributed by atoms with Crippen LogP contribution in [-0.4, -0.2) is 16.4 Å². The van der Waals surface area contributed by atoms with E-state index >= 15 is 0 Å². The summed E-state index contributed by atoms with van der Waals surface area (Å²) in [4.78, 5) is 16.2. The van der Waals surface area contributed by atoms with Gasteiger partial charge in [-0.15, -0.1) is 0 Å². The van der Waals surface area contributed by atoms with Crippen LogP contribution in [0.25, 0.3) is 0 Å². The minimum atomic E-state index is -0.264. The van der Waals surface area contributed by atoms with E-state index in [9.17, 15) is 4.79 Å². The number of pyridine rings is 1. The van der Waals surface area contributed by atoms with Crippen molar-refractivity contribution >= 4 is 17.3 Å². The Morgan fingerprint density at radius 2 is 1.75 bits per heavy atom. The molecule has 0 saturated heterocycles. The van der Waals surface area contributed by atoms with Gasteiger partial charge in [0.05, 0.1) is 17.4 Å². The van der Waals surface area contributed by atoms with Gasteiger partial charge in [-0.05, 0) is 39.0 Å². The quantitative estimate of drug-likeness (QED) is 0.898. The van der Waals surface area contributed by atoms with Crippen molar-refractivity contribution in [2.24, 2.45) is 0 Å². The predicted molar refractivity (Wildman–Crippen MR) is 81.2 cm³/mol. The first-order chi connectivity index (χ1) is 9.44. The summed E-state index contributed by atoms with van der Waals surface area (Å²) in [7, 11) is 0. The van der Waals surface area contributed by atoms with Gasteiger partial charge in [0.15, 0.2) is 0 Å². The standard InChI is InChI=1S/C16H19N3O/c1-16(2,3)19-15(20)12-9-14(11-17-10-12)18-13-7-5-4-6-8-13/h4-11,18H,1-3H3,(H,19,20). The third-order valence-electron chi connectivity index (χ3n) is 2.55. The summed E-state index contributed by atoms with van der Waals surface area (Å²) in [5, 5.41) is 6.14. The number of carbonyl (C=O) groups excluding carboxylic acids is 1. The van der Waals surface area contributed by atoms with Crippen LogP contribution in [0.2, 0.25) is 0 Å². The van der Waals surface area contributed by atoms with Crippen molar-refractivity contribution in [3.05, 3.63) is 54.4 Å². The van der Waals surface area contributed by atoms with E-state index < -0.39 is 0 Å². The summed E-state index contributed by atoms with van der Waals surface area (Å²) < 4.78 is 0. The van der Waals surface area contributed by atoms with Crippen LogP contribution in [0, 0.1) is 0 Å². The Kier molecular flexibility index (Phi) is 4.03. The van der Waals surface area contributed by atoms with Gasteiger partial charge in [-0.2, -0.15) is 0 Å². The summed E-state index contributed by atoms with van der Waals surface area (Å²) in [6.45, 7) is 5.85. The Morgan fingerprint density at radius 1 is 1.05 bits per heavy atom. The molecule has 1 amide bonds. The highest BCUT2D eigenvalue weighted by Gasteiger charge is 2.15. The lowest BCUT2D eigenvalue weighted by Gasteiger charge is -2.20. The van der Waals surface area contributed by atoms with Crippen LogP contribution in [0.3, 0.4) is 0 Å². The number of rotatable bonds is 3. The zero-order valence-electron chi connectivity index (χ0n) is 12.0. The molecule has 4 nitrogen and oxygen atoms in total. The van der Waals surface area contributed by atoms with Gasteiger partial charge in [-0.3, -0.25) is 9.78 Å². The molecule has 2 aromatic rings. The van der Waals surface area contributed by atoms with Crippen molar-refractivity contribution in [2.45, 2.75) is 26.3 Å². The van der Waals surface area contributed by atoms with Crippen LogP contribution in [0.5, 0.6) is 0 Å². The molecule has 1 heterocycles. The second kappa shape index (κ2) is 5.74. The minimum absolute atomic E-state index is 0.123. The highest BCUT2D eigenvalue weighted by Crippen LogP contribution is 2.16. The molecule has 0 bridgehead atoms. The number of nitrogens with one attached hydrogen (secondary N) is 2. The fourth-order valence-corrected chi connectivity index (χ4v) is 1.73. The van der Waals surface area contributed by atoms with Crippen LogP contribution in [0.15, 0.2) is 48.8 Å². The molecule has 0 atom stereocenters. The Morgan fingerprint density at radius 3 is 2.40 bits per heavy atom. The lowest BCUT2D eigenvalue weighted by Crippen LogP contribution is -2.40. The van der Waals surface area contributed by atoms with E-state index in [0.29, 0.717) is 5.56 Å². The van der Waals surface area contributed by atoms with E-state index in [2.05, 4.69) is 15.6 Å². The molecule has 1 aromatic heterocycles. The lowest BCUT2D eigenvalue weighted by atomic mass is 10.1. The van der Waals surface area contributed by atoms with E-state index in [1.54, 1.807) is 18.5 Å². The zero-order valence-corrected chi connectivity index (χ0v) is 12.0. The highest BCUT2D eigenvalue weighted by atomic mass is 16.1. The normalized spacial score (nSPS) is 10.9. The van der Waals surface area contributed by atoms with Crippen LogP contribution >= 0.6 is 0 Å². The van der Waals surface area contributed by atoms with Gasteiger partial charge in [0.25, 0.3) is 5.91 Å². The Bertz CT molecular complexity index is 588. The first-order valence-corrected chi connectivity index (χ1v) is 6.54. The minimum Gasteiger partial charge on any atom is -0.354 e. The number of hydrogen-bond donors (Lipinski definition) is 2. The Hall–Kier alpha value is -2.36. The number of benzene rings is 1. The molecule has 0 spiro atoms. The van der Waals surface area contributed by atoms with Gasteiger partial charge < -0.3 is 10.6 Å². The zero-order chi connectivity index (χ0) is 14.6. The molecule has 2 N–H and O–H groups in total. The highest BCUT2D eigenvalue weighted by molar-refractivity contribution is 5.95. The van der Waals surface area contributed by atoms with Gasteiger partial charge in [0.1, 0.15) is 0 Å². The molecule has 0 aliphatic heterocycles. The van der Waals surface area contributed by atoms with Crippen LogP contribution in [-0.2, 0) is 0 Å². The van der Waals surface area contributed by atoms with Gasteiger partial charge in [0, 0.05) is 17.4 Å². The molecular formula is C16H19N3O. The van der Waals surface area contributed by atoms with E-state index in [0.717, 1.165) is 11.4 Å². The molecule has 104 valence electrons. The second-order valence-corrected chi connectivity index (χ2v) is 5.66. The number of carbonyl (C=O) groups is 1. The fraction of sp³-hybridized carbons (Fsp3) is 0.250. The van der Waals surface area contributed by atoms with Gasteiger partial charge in [-0.25, -0.2) is 0 Å². The van der Waals surface area contributed by atoms with Crippen LogP contribution in [0.4, 0.5) is 11.4 Å². The molecular weight excluding hydrogens is 250 g/mol. The molecule has 1 aromatic carbocycles. The first-order valence-electron chi connectivity index (χ1n) is 6.54. The van der Waals surface area contributed by atoms with Crippen molar-refractivity contribution < 1.29 is 4.79 Å². The molecule has 0 aliphatic rings. The summed E-state index contributed by atoms with van der Waals surface area (Å²) in [6.07, 6.45) is 3.26. The van der Waals surface area contributed by atoms with Gasteiger partial charge in [0.2, 0.25) is 0 Å². The molecule has 0 saturated carbocycles.